The summed E-state index contributed by atoms with van der Waals surface area (Å²) in [6.07, 6.45) is 5.56. The molecule has 1 heterocycles. The molecule has 1 heteroatoms. The number of nitrogens with zero attached hydrogens (tertiary/aromatic N) is 1. The predicted molar refractivity (Wildman–Crippen MR) is 64.1 cm³/mol. The van der Waals surface area contributed by atoms with Crippen molar-refractivity contribution in [3.63, 3.8) is 0 Å². The largest absolute Gasteiger partial charge is 0.261 e. The molecule has 1 aromatic rings. The molecule has 0 amide bonds. The van der Waals surface area contributed by atoms with Crippen LogP contribution in [0.3, 0.4) is 0 Å². The maximum atomic E-state index is 4.61. The lowest BCUT2D eigenvalue weighted by molar-refractivity contribution is 0.336. The van der Waals surface area contributed by atoms with Crippen molar-refractivity contribution in [2.75, 3.05) is 0 Å². The second-order valence-corrected chi connectivity index (χ2v) is 5.26. The second-order valence-electron chi connectivity index (χ2n) is 5.26. The van der Waals surface area contributed by atoms with Gasteiger partial charge in [-0.1, -0.05) is 33.8 Å². The summed E-state index contributed by atoms with van der Waals surface area (Å²) in [6.45, 7) is 9.25. The Hall–Kier alpha value is -0.850. The zero-order valence-corrected chi connectivity index (χ0v) is 10.3. The standard InChI is InChI=1S/C14H21N/c1-5-11-8-12-13(15-9-11)6-7-14(12,4)10(2)3/h8-10H,5-7H2,1-4H3. The van der Waals surface area contributed by atoms with E-state index in [4.69, 9.17) is 0 Å². The number of aryl methyl sites for hydroxylation is 2. The van der Waals surface area contributed by atoms with Crippen LogP contribution in [-0.4, -0.2) is 4.98 Å². The fourth-order valence-corrected chi connectivity index (χ4v) is 2.54. The van der Waals surface area contributed by atoms with Gasteiger partial charge in [0.05, 0.1) is 0 Å². The Balaban J connectivity index is 2.48. The van der Waals surface area contributed by atoms with E-state index in [-0.39, 0.29) is 0 Å². The van der Waals surface area contributed by atoms with Gasteiger partial charge in [-0.15, -0.1) is 0 Å². The molecule has 0 N–H and O–H groups in total. The highest BCUT2D eigenvalue weighted by Crippen LogP contribution is 2.43. The molecule has 1 nitrogen and oxygen atoms in total. The van der Waals surface area contributed by atoms with Crippen LogP contribution in [0.2, 0.25) is 0 Å². The van der Waals surface area contributed by atoms with Gasteiger partial charge in [0.15, 0.2) is 0 Å². The van der Waals surface area contributed by atoms with E-state index in [1.807, 2.05) is 6.20 Å². The minimum absolute atomic E-state index is 0.355. The van der Waals surface area contributed by atoms with E-state index >= 15 is 0 Å². The van der Waals surface area contributed by atoms with Crippen molar-refractivity contribution in [1.82, 2.24) is 4.98 Å². The SMILES string of the molecule is CCc1cnc2c(c1)C(C)(C(C)C)CC2. The van der Waals surface area contributed by atoms with Crippen molar-refractivity contribution in [3.8, 4) is 0 Å². The molecule has 15 heavy (non-hydrogen) atoms. The van der Waals surface area contributed by atoms with E-state index in [2.05, 4.69) is 38.7 Å². The Bertz CT molecular complexity index is 368. The average molecular weight is 203 g/mol. The van der Waals surface area contributed by atoms with Gasteiger partial charge in [-0.25, -0.2) is 0 Å². The predicted octanol–water partition coefficient (Wildman–Crippen LogP) is 3.50. The molecule has 1 aromatic heterocycles. The van der Waals surface area contributed by atoms with Gasteiger partial charge in [0.25, 0.3) is 0 Å². The van der Waals surface area contributed by atoms with E-state index in [1.54, 1.807) is 0 Å². The van der Waals surface area contributed by atoms with Crippen molar-refractivity contribution in [1.29, 1.82) is 0 Å². The molecule has 1 aliphatic rings. The minimum atomic E-state index is 0.355. The first-order chi connectivity index (χ1) is 7.08. The van der Waals surface area contributed by atoms with Crippen LogP contribution in [0, 0.1) is 5.92 Å². The molecule has 2 rings (SSSR count). The third-order valence-electron chi connectivity index (χ3n) is 4.21. The van der Waals surface area contributed by atoms with E-state index < -0.39 is 0 Å². The normalized spacial score (nSPS) is 24.6. The van der Waals surface area contributed by atoms with Crippen molar-refractivity contribution >= 4 is 0 Å². The zero-order valence-electron chi connectivity index (χ0n) is 10.3. The third kappa shape index (κ3) is 1.58. The number of rotatable bonds is 2. The van der Waals surface area contributed by atoms with Crippen molar-refractivity contribution in [3.05, 3.63) is 29.1 Å². The van der Waals surface area contributed by atoms with E-state index in [0.717, 1.165) is 12.8 Å². The van der Waals surface area contributed by atoms with Gasteiger partial charge >= 0.3 is 0 Å². The summed E-state index contributed by atoms with van der Waals surface area (Å²) in [6, 6.07) is 2.38. The maximum absolute atomic E-state index is 4.61. The summed E-state index contributed by atoms with van der Waals surface area (Å²) in [5.74, 6) is 0.702. The number of pyridine rings is 1. The van der Waals surface area contributed by atoms with Crippen LogP contribution in [0.5, 0.6) is 0 Å². The number of hydrogen-bond donors (Lipinski definition) is 0. The molecular weight excluding hydrogens is 182 g/mol. The zero-order chi connectivity index (χ0) is 11.1. The summed E-state index contributed by atoms with van der Waals surface area (Å²) < 4.78 is 0. The second kappa shape index (κ2) is 3.62. The lowest BCUT2D eigenvalue weighted by Crippen LogP contribution is -2.25. The van der Waals surface area contributed by atoms with Crippen LogP contribution in [0.25, 0.3) is 0 Å². The Morgan fingerprint density at radius 1 is 1.47 bits per heavy atom. The first kappa shape index (κ1) is 10.7. The Kier molecular flexibility index (Phi) is 2.57. The molecule has 82 valence electrons. The fourth-order valence-electron chi connectivity index (χ4n) is 2.54. The third-order valence-corrected chi connectivity index (χ3v) is 4.21. The van der Waals surface area contributed by atoms with Crippen LogP contribution in [0.15, 0.2) is 12.3 Å². The number of fused-ring (bicyclic) bond motifs is 1. The first-order valence-corrected chi connectivity index (χ1v) is 6.06. The van der Waals surface area contributed by atoms with Crippen molar-refractivity contribution < 1.29 is 0 Å². The topological polar surface area (TPSA) is 12.9 Å². The van der Waals surface area contributed by atoms with Gasteiger partial charge < -0.3 is 0 Å². The molecule has 1 unspecified atom stereocenters. The fraction of sp³-hybridized carbons (Fsp3) is 0.643. The summed E-state index contributed by atoms with van der Waals surface area (Å²) >= 11 is 0. The van der Waals surface area contributed by atoms with Crippen molar-refractivity contribution in [2.24, 2.45) is 5.92 Å². The van der Waals surface area contributed by atoms with Crippen LogP contribution in [0.1, 0.15) is 50.9 Å². The smallest absolute Gasteiger partial charge is 0.0441 e. The van der Waals surface area contributed by atoms with Crippen LogP contribution in [0.4, 0.5) is 0 Å². The van der Waals surface area contributed by atoms with Crippen LogP contribution >= 0.6 is 0 Å². The lowest BCUT2D eigenvalue weighted by atomic mass is 9.74. The van der Waals surface area contributed by atoms with Gasteiger partial charge in [0.2, 0.25) is 0 Å². The molecule has 1 atom stereocenters. The highest BCUT2D eigenvalue weighted by atomic mass is 14.7. The highest BCUT2D eigenvalue weighted by Gasteiger charge is 2.37. The van der Waals surface area contributed by atoms with Gasteiger partial charge in [0, 0.05) is 11.9 Å². The van der Waals surface area contributed by atoms with Gasteiger partial charge in [-0.3, -0.25) is 4.98 Å². The summed E-state index contributed by atoms with van der Waals surface area (Å²) in [5.41, 5.74) is 4.58. The molecule has 0 spiro atoms. The van der Waals surface area contributed by atoms with Crippen LogP contribution in [-0.2, 0) is 18.3 Å². The minimum Gasteiger partial charge on any atom is -0.261 e. The summed E-state index contributed by atoms with van der Waals surface area (Å²) in [4.78, 5) is 4.61. The van der Waals surface area contributed by atoms with E-state index in [1.165, 1.54) is 23.2 Å². The highest BCUT2D eigenvalue weighted by molar-refractivity contribution is 5.37. The van der Waals surface area contributed by atoms with Gasteiger partial charge in [-0.05, 0) is 41.7 Å². The first-order valence-electron chi connectivity index (χ1n) is 6.06. The molecule has 0 radical (unpaired) electrons. The Morgan fingerprint density at radius 3 is 2.80 bits per heavy atom. The van der Waals surface area contributed by atoms with E-state index in [0.29, 0.717) is 11.3 Å². The summed E-state index contributed by atoms with van der Waals surface area (Å²) in [5, 5.41) is 0. The molecule has 0 aromatic carbocycles. The Morgan fingerprint density at radius 2 is 2.20 bits per heavy atom. The summed E-state index contributed by atoms with van der Waals surface area (Å²) in [7, 11) is 0. The van der Waals surface area contributed by atoms with Crippen molar-refractivity contribution in [2.45, 2.75) is 52.4 Å². The number of aromatic nitrogens is 1. The molecular formula is C14H21N. The molecule has 0 aliphatic heterocycles. The molecule has 0 saturated heterocycles. The number of hydrogen-bond acceptors (Lipinski definition) is 1. The molecule has 0 fully saturated rings. The monoisotopic (exact) mass is 203 g/mol. The van der Waals surface area contributed by atoms with E-state index in [9.17, 15) is 0 Å². The lowest BCUT2D eigenvalue weighted by Gasteiger charge is -2.30. The Labute approximate surface area is 92.9 Å². The maximum Gasteiger partial charge on any atom is 0.0441 e. The van der Waals surface area contributed by atoms with Gasteiger partial charge in [0.1, 0.15) is 0 Å². The molecule has 0 saturated carbocycles. The average Bonchev–Trinajstić information content (AvgIpc) is 2.57. The van der Waals surface area contributed by atoms with Crippen LogP contribution < -0.4 is 0 Å². The molecule has 0 bridgehead atoms. The quantitative estimate of drug-likeness (QED) is 0.717. The van der Waals surface area contributed by atoms with Gasteiger partial charge in [-0.2, -0.15) is 0 Å². The molecule has 1 aliphatic carbocycles.